The van der Waals surface area contributed by atoms with E-state index in [0.717, 1.165) is 72.5 Å². The minimum Gasteiger partial charge on any atom is -0.399 e. The molecule has 0 unspecified atom stereocenters. The standard InChI is InChI=1S/C20H15N5.C11H8ClN5.C7H7N3.C6H15N.C4H2Cl2N2.CH4/c1-2-14-4-3-5-15(10-14)11-20-21-9-8-19(24-20)23-17-6-7-18-16(12-17)13-22-25-18;12-11-13-4-3-10(16-11)15-8-1-2-9-7(5-8)6-14-17-9;8-6-1-2-7-5(3-6)4-9-10-7;1-4-7(5-2)6-3;5-3-1-2-7-4(6)8-3;/h1,3-10,12-13H,11H2,(H,22,25)(H,21,23,24);1-6H,(H,14,17)(H,13,15,16);1-4H,8H2,(H,9,10);4-6H2,1-3H3;1-2H;1H4. The molecule has 0 fully saturated rings. The largest absolute Gasteiger partial charge is 0.399 e. The predicted octanol–water partition coefficient (Wildman–Crippen LogP) is 11.3. The molecule has 0 saturated heterocycles. The molecule has 0 bridgehead atoms. The van der Waals surface area contributed by atoms with Gasteiger partial charge in [0.25, 0.3) is 0 Å². The van der Waals surface area contributed by atoms with Crippen LogP contribution < -0.4 is 16.4 Å². The van der Waals surface area contributed by atoms with Crippen LogP contribution in [0.4, 0.5) is 28.7 Å². The van der Waals surface area contributed by atoms with E-state index in [1.54, 1.807) is 43.1 Å². The summed E-state index contributed by atoms with van der Waals surface area (Å²) in [5.74, 6) is 4.80. The Kier molecular flexibility index (Phi) is 20.0. The molecule has 19 heteroatoms. The number of nitrogens with zero attached hydrogens (tertiary/aromatic N) is 10. The number of anilines is 5. The molecule has 10 rings (SSSR count). The Hall–Kier alpha value is -7.68. The average Bonchev–Trinajstić information content (AvgIpc) is 4.12. The SMILES string of the molecule is C.C#Cc1cccc(Cc2nccc(Nc3ccc4[nH]ncc4c3)n2)c1.CCN(CC)CC.Clc1ccnc(Cl)n1.Clc1nccc(Nc2ccc3[nH]ncc3c2)n1.Nc1ccc2[nH]ncc2c1. The lowest BCUT2D eigenvalue weighted by Gasteiger charge is -2.13. The van der Waals surface area contributed by atoms with Crippen molar-refractivity contribution in [2.75, 3.05) is 36.0 Å². The van der Waals surface area contributed by atoms with Crippen molar-refractivity contribution in [3.63, 3.8) is 0 Å². The van der Waals surface area contributed by atoms with Crippen molar-refractivity contribution in [2.24, 2.45) is 0 Å². The summed E-state index contributed by atoms with van der Waals surface area (Å²) in [6, 6.07) is 30.6. The van der Waals surface area contributed by atoms with Crippen molar-refractivity contribution in [1.29, 1.82) is 0 Å². The predicted molar refractivity (Wildman–Crippen MR) is 278 cm³/mol. The summed E-state index contributed by atoms with van der Waals surface area (Å²) in [7, 11) is 0. The molecule has 0 amide bonds. The topological polar surface area (TPSA) is 217 Å². The Morgan fingerprint density at radius 1 is 0.603 bits per heavy atom. The number of hydrogen-bond donors (Lipinski definition) is 6. The number of aromatic amines is 3. The van der Waals surface area contributed by atoms with Gasteiger partial charge >= 0.3 is 0 Å². The highest BCUT2D eigenvalue weighted by Crippen LogP contribution is 2.22. The molecule has 6 aromatic heterocycles. The van der Waals surface area contributed by atoms with Crippen LogP contribution in [-0.4, -0.2) is 85.0 Å². The molecule has 348 valence electrons. The molecule has 0 aliphatic heterocycles. The maximum atomic E-state index is 5.71. The molecule has 16 nitrogen and oxygen atoms in total. The van der Waals surface area contributed by atoms with E-state index in [0.29, 0.717) is 17.4 Å². The molecule has 0 spiro atoms. The molecular weight excluding hydrogens is 919 g/mol. The Morgan fingerprint density at radius 2 is 1.12 bits per heavy atom. The number of aromatic nitrogens is 12. The van der Waals surface area contributed by atoms with Gasteiger partial charge < -0.3 is 21.3 Å². The number of halogens is 3. The highest BCUT2D eigenvalue weighted by atomic mass is 35.5. The van der Waals surface area contributed by atoms with Crippen LogP contribution in [0, 0.1) is 12.3 Å². The summed E-state index contributed by atoms with van der Waals surface area (Å²) in [4.78, 5) is 26.4. The van der Waals surface area contributed by atoms with E-state index in [4.69, 9.17) is 47.0 Å². The minimum absolute atomic E-state index is 0. The molecule has 7 N–H and O–H groups in total. The maximum Gasteiger partial charge on any atom is 0.224 e. The average molecular weight is 970 g/mol. The first kappa shape index (κ1) is 51.3. The fourth-order valence-corrected chi connectivity index (χ4v) is 6.67. The molecule has 4 aromatic carbocycles. The first-order valence-electron chi connectivity index (χ1n) is 20.9. The molecule has 0 aliphatic carbocycles. The summed E-state index contributed by atoms with van der Waals surface area (Å²) in [5.41, 5.74) is 13.2. The zero-order valence-corrected chi connectivity index (χ0v) is 39.1. The van der Waals surface area contributed by atoms with Crippen molar-refractivity contribution < 1.29 is 0 Å². The highest BCUT2D eigenvalue weighted by molar-refractivity contribution is 6.31. The second kappa shape index (κ2) is 26.5. The number of H-pyrrole nitrogens is 3. The van der Waals surface area contributed by atoms with Gasteiger partial charge in [-0.3, -0.25) is 15.3 Å². The van der Waals surface area contributed by atoms with E-state index in [-0.39, 0.29) is 18.0 Å². The van der Waals surface area contributed by atoms with Crippen LogP contribution in [0.15, 0.2) is 134 Å². The van der Waals surface area contributed by atoms with Crippen LogP contribution in [0.2, 0.25) is 15.7 Å². The van der Waals surface area contributed by atoms with Gasteiger partial charge in [-0.05, 0) is 133 Å². The van der Waals surface area contributed by atoms with E-state index in [2.05, 4.69) is 103 Å². The number of nitrogens with two attached hydrogens (primary N) is 1. The van der Waals surface area contributed by atoms with Gasteiger partial charge in [-0.25, -0.2) is 29.9 Å². The number of terminal acetylenes is 1. The molecule has 10 aromatic rings. The second-order valence-corrected chi connectivity index (χ2v) is 15.2. The van der Waals surface area contributed by atoms with Crippen molar-refractivity contribution in [3.05, 3.63) is 167 Å². The third-order valence-corrected chi connectivity index (χ3v) is 10.2. The number of nitrogen functional groups attached to an aromatic ring is 1. The number of rotatable bonds is 9. The Bertz CT molecular complexity index is 3120. The van der Waals surface area contributed by atoms with Gasteiger partial charge in [-0.15, -0.1) is 6.42 Å². The summed E-state index contributed by atoms with van der Waals surface area (Å²) < 4.78 is 0. The fraction of sp³-hybridized carbons (Fsp3) is 0.163. The van der Waals surface area contributed by atoms with Crippen LogP contribution in [-0.2, 0) is 6.42 Å². The molecule has 0 radical (unpaired) electrons. The lowest BCUT2D eigenvalue weighted by molar-refractivity contribution is 0.321. The van der Waals surface area contributed by atoms with Crippen molar-refractivity contribution in [2.45, 2.75) is 34.6 Å². The van der Waals surface area contributed by atoms with Crippen molar-refractivity contribution in [1.82, 2.24) is 65.4 Å². The molecule has 0 aliphatic rings. The van der Waals surface area contributed by atoms with E-state index in [9.17, 15) is 0 Å². The lowest BCUT2D eigenvalue weighted by atomic mass is 10.1. The second-order valence-electron chi connectivity index (χ2n) is 14.2. The van der Waals surface area contributed by atoms with Gasteiger partial charge in [0.1, 0.15) is 22.6 Å². The van der Waals surface area contributed by atoms with Crippen LogP contribution in [0.3, 0.4) is 0 Å². The van der Waals surface area contributed by atoms with Gasteiger partial charge in [-0.2, -0.15) is 15.3 Å². The van der Waals surface area contributed by atoms with E-state index >= 15 is 0 Å². The molecule has 0 atom stereocenters. The van der Waals surface area contributed by atoms with Gasteiger partial charge in [-0.1, -0.05) is 57.9 Å². The number of fused-ring (bicyclic) bond motifs is 3. The summed E-state index contributed by atoms with van der Waals surface area (Å²) in [5, 5.41) is 30.9. The van der Waals surface area contributed by atoms with E-state index in [1.165, 1.54) is 25.8 Å². The Labute approximate surface area is 409 Å². The quantitative estimate of drug-likeness (QED) is 0.0344. The van der Waals surface area contributed by atoms with E-state index < -0.39 is 0 Å². The van der Waals surface area contributed by atoms with Crippen LogP contribution in [0.1, 0.15) is 45.1 Å². The van der Waals surface area contributed by atoms with Crippen molar-refractivity contribution in [3.8, 4) is 12.3 Å². The highest BCUT2D eigenvalue weighted by Gasteiger charge is 2.05. The zero-order chi connectivity index (χ0) is 47.4. The fourth-order valence-electron chi connectivity index (χ4n) is 6.20. The maximum absolute atomic E-state index is 5.71. The summed E-state index contributed by atoms with van der Waals surface area (Å²) in [6.07, 6.45) is 16.3. The summed E-state index contributed by atoms with van der Waals surface area (Å²) >= 11 is 16.5. The molecule has 6 heterocycles. The van der Waals surface area contributed by atoms with E-state index in [1.807, 2.05) is 84.9 Å². The summed E-state index contributed by atoms with van der Waals surface area (Å²) in [6.45, 7) is 10.1. The molecule has 0 saturated carbocycles. The van der Waals surface area contributed by atoms with Gasteiger partial charge in [0.15, 0.2) is 0 Å². The third kappa shape index (κ3) is 16.0. The number of hydrogen-bond acceptors (Lipinski definition) is 13. The number of benzene rings is 4. The molecule has 68 heavy (non-hydrogen) atoms. The number of nitrogens with one attached hydrogen (secondary N) is 5. The minimum atomic E-state index is 0. The van der Waals surface area contributed by atoms with Gasteiger partial charge in [0.2, 0.25) is 10.6 Å². The monoisotopic (exact) mass is 968 g/mol. The zero-order valence-electron chi connectivity index (χ0n) is 36.8. The van der Waals surface area contributed by atoms with Gasteiger partial charge in [0, 0.05) is 63.8 Å². The van der Waals surface area contributed by atoms with Crippen molar-refractivity contribution >= 4 is 96.2 Å². The van der Waals surface area contributed by atoms with Crippen LogP contribution in [0.5, 0.6) is 0 Å². The Balaban J connectivity index is 0.000000173. The smallest absolute Gasteiger partial charge is 0.224 e. The third-order valence-electron chi connectivity index (χ3n) is 9.61. The van der Waals surface area contributed by atoms with Crippen LogP contribution in [0.25, 0.3) is 32.7 Å². The van der Waals surface area contributed by atoms with Crippen LogP contribution >= 0.6 is 34.8 Å². The Morgan fingerprint density at radius 3 is 1.62 bits per heavy atom. The first-order valence-corrected chi connectivity index (χ1v) is 22.1. The lowest BCUT2D eigenvalue weighted by Crippen LogP contribution is -2.21. The normalized spacial score (nSPS) is 10.2. The first-order chi connectivity index (χ1) is 32.6. The molecular formula is C49H51Cl3N16. The van der Waals surface area contributed by atoms with Gasteiger partial charge in [0.05, 0.1) is 35.1 Å².